The first-order valence-electron chi connectivity index (χ1n) is 6.94. The smallest absolute Gasteiger partial charge is 0.124 e. The minimum atomic E-state index is 0.310. The largest absolute Gasteiger partial charge is 0.379 e. The number of halogens is 2. The SMILES string of the molecule is CC(C)OCCCCn1c(CCl)nc2cc(I)ccc21. The highest BCUT2D eigenvalue weighted by Crippen LogP contribution is 2.20. The first-order valence-corrected chi connectivity index (χ1v) is 8.55. The number of imidazole rings is 1. The number of aryl methyl sites for hydroxylation is 1. The molecule has 0 bridgehead atoms. The second kappa shape index (κ2) is 7.61. The second-order valence-electron chi connectivity index (χ2n) is 5.07. The Morgan fingerprint density at radius 1 is 1.35 bits per heavy atom. The molecule has 1 aromatic heterocycles. The van der Waals surface area contributed by atoms with Crippen LogP contribution in [0.15, 0.2) is 18.2 Å². The fourth-order valence-corrected chi connectivity index (χ4v) is 2.87. The van der Waals surface area contributed by atoms with E-state index in [9.17, 15) is 0 Å². The molecule has 0 N–H and O–H groups in total. The molecule has 20 heavy (non-hydrogen) atoms. The molecule has 0 aliphatic rings. The van der Waals surface area contributed by atoms with E-state index < -0.39 is 0 Å². The van der Waals surface area contributed by atoms with E-state index >= 15 is 0 Å². The highest BCUT2D eigenvalue weighted by molar-refractivity contribution is 14.1. The van der Waals surface area contributed by atoms with Gasteiger partial charge in [0.1, 0.15) is 5.82 Å². The second-order valence-corrected chi connectivity index (χ2v) is 6.59. The lowest BCUT2D eigenvalue weighted by Gasteiger charge is -2.09. The molecule has 0 aliphatic carbocycles. The summed E-state index contributed by atoms with van der Waals surface area (Å²) in [6.45, 7) is 5.90. The Bertz CT molecular complexity index is 568. The third-order valence-electron chi connectivity index (χ3n) is 3.14. The number of fused-ring (bicyclic) bond motifs is 1. The van der Waals surface area contributed by atoms with Gasteiger partial charge in [-0.05, 0) is 67.5 Å². The average molecular weight is 407 g/mol. The maximum Gasteiger partial charge on any atom is 0.124 e. The normalized spacial score (nSPS) is 11.7. The molecule has 0 amide bonds. The third kappa shape index (κ3) is 4.09. The highest BCUT2D eigenvalue weighted by atomic mass is 127. The minimum Gasteiger partial charge on any atom is -0.379 e. The molecule has 2 rings (SSSR count). The van der Waals surface area contributed by atoms with E-state index in [4.69, 9.17) is 16.3 Å². The molecular formula is C15H20ClIN2O. The number of alkyl halides is 1. The Hall–Kier alpha value is -0.330. The maximum absolute atomic E-state index is 6.02. The number of unbranched alkanes of at least 4 members (excludes halogenated alkanes) is 1. The number of ether oxygens (including phenoxy) is 1. The molecule has 0 aliphatic heterocycles. The van der Waals surface area contributed by atoms with E-state index in [0.29, 0.717) is 12.0 Å². The summed E-state index contributed by atoms with van der Waals surface area (Å²) in [6.07, 6.45) is 2.45. The van der Waals surface area contributed by atoms with Crippen LogP contribution in [-0.4, -0.2) is 22.3 Å². The van der Waals surface area contributed by atoms with E-state index in [1.165, 1.54) is 9.09 Å². The van der Waals surface area contributed by atoms with Gasteiger partial charge in [0.2, 0.25) is 0 Å². The molecule has 1 heterocycles. The molecular weight excluding hydrogens is 387 g/mol. The Labute approximate surface area is 138 Å². The highest BCUT2D eigenvalue weighted by Gasteiger charge is 2.09. The van der Waals surface area contributed by atoms with Crippen LogP contribution in [0, 0.1) is 3.57 Å². The molecule has 110 valence electrons. The van der Waals surface area contributed by atoms with Crippen molar-refractivity contribution in [2.45, 2.75) is 45.2 Å². The van der Waals surface area contributed by atoms with E-state index in [1.807, 2.05) is 0 Å². The van der Waals surface area contributed by atoms with Gasteiger partial charge in [-0.25, -0.2) is 4.98 Å². The van der Waals surface area contributed by atoms with Crippen LogP contribution in [0.4, 0.5) is 0 Å². The Kier molecular flexibility index (Phi) is 6.11. The van der Waals surface area contributed by atoms with Crippen molar-refractivity contribution in [2.75, 3.05) is 6.61 Å². The van der Waals surface area contributed by atoms with Crippen molar-refractivity contribution in [3.63, 3.8) is 0 Å². The van der Waals surface area contributed by atoms with Crippen LogP contribution in [0.25, 0.3) is 11.0 Å². The van der Waals surface area contributed by atoms with Gasteiger partial charge in [-0.2, -0.15) is 0 Å². The van der Waals surface area contributed by atoms with Gasteiger partial charge in [-0.15, -0.1) is 11.6 Å². The predicted molar refractivity (Wildman–Crippen MR) is 92.3 cm³/mol. The monoisotopic (exact) mass is 406 g/mol. The van der Waals surface area contributed by atoms with Crippen LogP contribution in [0.5, 0.6) is 0 Å². The van der Waals surface area contributed by atoms with Gasteiger partial charge in [-0.1, -0.05) is 0 Å². The Morgan fingerprint density at radius 3 is 2.85 bits per heavy atom. The van der Waals surface area contributed by atoms with Gasteiger partial charge in [0.05, 0.1) is 23.0 Å². The van der Waals surface area contributed by atoms with Crippen LogP contribution < -0.4 is 0 Å². The predicted octanol–water partition coefficient (Wildman–Crippen LogP) is 4.58. The molecule has 0 saturated carbocycles. The van der Waals surface area contributed by atoms with Crippen LogP contribution in [0.2, 0.25) is 0 Å². The van der Waals surface area contributed by atoms with Crippen molar-refractivity contribution in [2.24, 2.45) is 0 Å². The number of nitrogens with zero attached hydrogens (tertiary/aromatic N) is 2. The zero-order valence-electron chi connectivity index (χ0n) is 11.9. The van der Waals surface area contributed by atoms with E-state index in [1.54, 1.807) is 0 Å². The number of hydrogen-bond donors (Lipinski definition) is 0. The van der Waals surface area contributed by atoms with Gasteiger partial charge < -0.3 is 9.30 Å². The molecule has 0 radical (unpaired) electrons. The summed E-state index contributed by atoms with van der Waals surface area (Å²) in [4.78, 5) is 4.61. The summed E-state index contributed by atoms with van der Waals surface area (Å²) in [6, 6.07) is 6.34. The van der Waals surface area contributed by atoms with Gasteiger partial charge in [-0.3, -0.25) is 0 Å². The van der Waals surface area contributed by atoms with Gasteiger partial charge >= 0.3 is 0 Å². The summed E-state index contributed by atoms with van der Waals surface area (Å²) in [7, 11) is 0. The topological polar surface area (TPSA) is 27.1 Å². The zero-order chi connectivity index (χ0) is 14.5. The summed E-state index contributed by atoms with van der Waals surface area (Å²) >= 11 is 8.32. The molecule has 5 heteroatoms. The summed E-state index contributed by atoms with van der Waals surface area (Å²) in [5.41, 5.74) is 2.21. The molecule has 0 spiro atoms. The maximum atomic E-state index is 6.02. The van der Waals surface area contributed by atoms with Crippen LogP contribution in [-0.2, 0) is 17.2 Å². The molecule has 1 aromatic carbocycles. The lowest BCUT2D eigenvalue weighted by Crippen LogP contribution is -2.07. The minimum absolute atomic E-state index is 0.310. The third-order valence-corrected chi connectivity index (χ3v) is 4.05. The van der Waals surface area contributed by atoms with Gasteiger partial charge in [0.15, 0.2) is 0 Å². The molecule has 0 atom stereocenters. The molecule has 0 fully saturated rings. The van der Waals surface area contributed by atoms with Crippen molar-refractivity contribution in [3.8, 4) is 0 Å². The van der Waals surface area contributed by atoms with Crippen LogP contribution in [0.3, 0.4) is 0 Å². The van der Waals surface area contributed by atoms with Crippen LogP contribution in [0.1, 0.15) is 32.5 Å². The summed E-state index contributed by atoms with van der Waals surface area (Å²) in [5.74, 6) is 1.40. The zero-order valence-corrected chi connectivity index (χ0v) is 14.8. The quantitative estimate of drug-likeness (QED) is 0.382. The van der Waals surface area contributed by atoms with Gasteiger partial charge in [0.25, 0.3) is 0 Å². The van der Waals surface area contributed by atoms with Gasteiger partial charge in [0, 0.05) is 16.7 Å². The lowest BCUT2D eigenvalue weighted by atomic mass is 10.3. The first kappa shape index (κ1) is 16.0. The van der Waals surface area contributed by atoms with Crippen molar-refractivity contribution in [3.05, 3.63) is 27.6 Å². The van der Waals surface area contributed by atoms with Crippen molar-refractivity contribution in [1.82, 2.24) is 9.55 Å². The fraction of sp³-hybridized carbons (Fsp3) is 0.533. The number of hydrogen-bond acceptors (Lipinski definition) is 2. The van der Waals surface area contributed by atoms with E-state index in [-0.39, 0.29) is 0 Å². The molecule has 0 unspecified atom stereocenters. The van der Waals surface area contributed by atoms with Crippen molar-refractivity contribution < 1.29 is 4.74 Å². The average Bonchev–Trinajstić information content (AvgIpc) is 2.75. The first-order chi connectivity index (χ1) is 9.61. The Balaban J connectivity index is 2.04. The Morgan fingerprint density at radius 2 is 2.15 bits per heavy atom. The van der Waals surface area contributed by atoms with E-state index in [2.05, 4.69) is 64.2 Å². The fourth-order valence-electron chi connectivity index (χ4n) is 2.20. The van der Waals surface area contributed by atoms with Crippen molar-refractivity contribution in [1.29, 1.82) is 0 Å². The molecule has 3 nitrogen and oxygen atoms in total. The van der Waals surface area contributed by atoms with E-state index in [0.717, 1.165) is 37.3 Å². The molecule has 2 aromatic rings. The van der Waals surface area contributed by atoms with Crippen LogP contribution >= 0.6 is 34.2 Å². The summed E-state index contributed by atoms with van der Waals surface area (Å²) in [5, 5.41) is 0. The molecule has 0 saturated heterocycles. The van der Waals surface area contributed by atoms with Crippen molar-refractivity contribution >= 4 is 45.2 Å². The number of benzene rings is 1. The lowest BCUT2D eigenvalue weighted by molar-refractivity contribution is 0.0754. The summed E-state index contributed by atoms with van der Waals surface area (Å²) < 4.78 is 9.00. The standard InChI is InChI=1S/C15H20ClIN2O/c1-11(2)20-8-4-3-7-19-14-6-5-12(17)9-13(14)18-15(19)10-16/h5-6,9,11H,3-4,7-8,10H2,1-2H3. The number of aromatic nitrogens is 2. The number of rotatable bonds is 7.